The maximum Gasteiger partial charge on any atom is 0.319 e. The second-order valence-corrected chi connectivity index (χ2v) is 5.41. The Balaban J connectivity index is 1.97. The van der Waals surface area contributed by atoms with Crippen LogP contribution in [0.3, 0.4) is 0 Å². The first kappa shape index (κ1) is 17.4. The molecule has 0 atom stereocenters. The smallest absolute Gasteiger partial charge is 0.319 e. The van der Waals surface area contributed by atoms with Crippen LogP contribution >= 0.6 is 0 Å². The van der Waals surface area contributed by atoms with Crippen molar-refractivity contribution in [3.8, 4) is 0 Å². The Morgan fingerprint density at radius 3 is 2.43 bits per heavy atom. The molecule has 128 valence electrons. The topological polar surface area (TPSA) is 62.5 Å². The van der Waals surface area contributed by atoms with Gasteiger partial charge in [0.25, 0.3) is 5.69 Å². The minimum atomic E-state index is -4.02. The summed E-state index contributed by atoms with van der Waals surface area (Å²) in [6.45, 7) is 1.67. The molecule has 2 rings (SSSR count). The highest BCUT2D eigenvalue weighted by molar-refractivity contribution is 5.48. The molecule has 0 bridgehead atoms. The molecule has 0 N–H and O–H groups in total. The second kappa shape index (κ2) is 6.65. The van der Waals surface area contributed by atoms with Crippen LogP contribution in [-0.4, -0.2) is 59.9 Å². The second-order valence-electron chi connectivity index (χ2n) is 5.41. The number of pyridine rings is 1. The molecule has 1 aliphatic rings. The van der Waals surface area contributed by atoms with Gasteiger partial charge < -0.3 is 4.90 Å². The average molecular weight is 336 g/mol. The van der Waals surface area contributed by atoms with Gasteiger partial charge in [0, 0.05) is 31.7 Å². The summed E-state index contributed by atoms with van der Waals surface area (Å²) in [6, 6.07) is 1.56. The Morgan fingerprint density at radius 1 is 1.35 bits per heavy atom. The van der Waals surface area contributed by atoms with Crippen molar-refractivity contribution in [2.75, 3.05) is 37.6 Å². The number of hydrogen-bond donors (Lipinski definition) is 0. The van der Waals surface area contributed by atoms with Crippen LogP contribution in [0.1, 0.15) is 5.56 Å². The van der Waals surface area contributed by atoms with Crippen molar-refractivity contribution in [3.63, 3.8) is 0 Å². The number of alkyl halides is 4. The van der Waals surface area contributed by atoms with Crippen molar-refractivity contribution in [1.82, 2.24) is 9.88 Å². The molecular formula is C13H16F4N4O2. The maximum atomic E-state index is 13.0. The summed E-state index contributed by atoms with van der Waals surface area (Å²) in [4.78, 5) is 17.3. The summed E-state index contributed by atoms with van der Waals surface area (Å²) < 4.78 is 50.5. The van der Waals surface area contributed by atoms with Crippen molar-refractivity contribution in [2.45, 2.75) is 19.3 Å². The minimum Gasteiger partial charge on any atom is -0.354 e. The van der Waals surface area contributed by atoms with Gasteiger partial charge in [0.05, 0.1) is 11.5 Å². The van der Waals surface area contributed by atoms with Gasteiger partial charge in [-0.15, -0.1) is 0 Å². The van der Waals surface area contributed by atoms with Gasteiger partial charge in [-0.25, -0.2) is 13.8 Å². The highest BCUT2D eigenvalue weighted by atomic mass is 19.3. The zero-order valence-corrected chi connectivity index (χ0v) is 12.4. The van der Waals surface area contributed by atoms with E-state index in [-0.39, 0.29) is 18.8 Å². The van der Waals surface area contributed by atoms with Crippen LogP contribution in [0.4, 0.5) is 29.1 Å². The van der Waals surface area contributed by atoms with E-state index in [2.05, 4.69) is 4.98 Å². The Labute approximate surface area is 129 Å². The molecule has 1 aromatic heterocycles. The summed E-state index contributed by atoms with van der Waals surface area (Å²) in [5.74, 6) is -3.52. The van der Waals surface area contributed by atoms with Gasteiger partial charge in [0.1, 0.15) is 12.0 Å². The van der Waals surface area contributed by atoms with Crippen molar-refractivity contribution in [2.24, 2.45) is 0 Å². The van der Waals surface area contributed by atoms with Crippen LogP contribution in [0.5, 0.6) is 0 Å². The standard InChI is InChI=1S/C13H16F4N4O2/c1-9-6-11(18-7-10(9)21(22)23)20-4-2-19(3-5-20)8-13(16,17)12(14)15/h6-7,12H,2-5,8H2,1H3. The summed E-state index contributed by atoms with van der Waals surface area (Å²) in [5, 5.41) is 10.8. The Kier molecular flexibility index (Phi) is 5.03. The van der Waals surface area contributed by atoms with E-state index >= 15 is 0 Å². The van der Waals surface area contributed by atoms with Crippen LogP contribution in [-0.2, 0) is 0 Å². The van der Waals surface area contributed by atoms with Crippen LogP contribution in [0.25, 0.3) is 0 Å². The summed E-state index contributed by atoms with van der Waals surface area (Å²) >= 11 is 0. The monoisotopic (exact) mass is 336 g/mol. The fourth-order valence-corrected chi connectivity index (χ4v) is 2.40. The number of hydrogen-bond acceptors (Lipinski definition) is 5. The molecule has 2 heterocycles. The van der Waals surface area contributed by atoms with Crippen LogP contribution < -0.4 is 4.90 Å². The van der Waals surface area contributed by atoms with E-state index in [1.807, 2.05) is 0 Å². The molecule has 23 heavy (non-hydrogen) atoms. The molecule has 0 aliphatic carbocycles. The van der Waals surface area contributed by atoms with E-state index in [0.717, 1.165) is 6.20 Å². The molecule has 1 saturated heterocycles. The Bertz CT molecular complexity index is 577. The third-order valence-corrected chi connectivity index (χ3v) is 3.72. The van der Waals surface area contributed by atoms with Crippen molar-refractivity contribution < 1.29 is 22.5 Å². The van der Waals surface area contributed by atoms with Gasteiger partial charge in [0.15, 0.2) is 0 Å². The first-order valence-electron chi connectivity index (χ1n) is 6.95. The molecule has 0 aromatic carbocycles. The average Bonchev–Trinajstić information content (AvgIpc) is 2.47. The number of anilines is 1. The third-order valence-electron chi connectivity index (χ3n) is 3.72. The van der Waals surface area contributed by atoms with Gasteiger partial charge in [-0.1, -0.05) is 0 Å². The Hall–Kier alpha value is -1.97. The predicted octanol–water partition coefficient (Wildman–Crippen LogP) is 2.32. The van der Waals surface area contributed by atoms with E-state index < -0.39 is 23.8 Å². The first-order chi connectivity index (χ1) is 10.7. The van der Waals surface area contributed by atoms with Crippen LogP contribution in [0.15, 0.2) is 12.3 Å². The molecule has 0 saturated carbocycles. The zero-order chi connectivity index (χ0) is 17.2. The molecule has 6 nitrogen and oxygen atoms in total. The largest absolute Gasteiger partial charge is 0.354 e. The van der Waals surface area contributed by atoms with Crippen LogP contribution in [0.2, 0.25) is 0 Å². The number of nitro groups is 1. The number of piperazine rings is 1. The van der Waals surface area contributed by atoms with E-state index in [0.29, 0.717) is 24.5 Å². The fourth-order valence-electron chi connectivity index (χ4n) is 2.40. The lowest BCUT2D eigenvalue weighted by Crippen LogP contribution is -2.51. The lowest BCUT2D eigenvalue weighted by Gasteiger charge is -2.36. The molecule has 0 unspecified atom stereocenters. The number of nitrogens with zero attached hydrogens (tertiary/aromatic N) is 4. The molecule has 1 aromatic rings. The zero-order valence-electron chi connectivity index (χ0n) is 12.4. The van der Waals surface area contributed by atoms with Crippen molar-refractivity contribution >= 4 is 11.5 Å². The predicted molar refractivity (Wildman–Crippen MR) is 75.2 cm³/mol. The summed E-state index contributed by atoms with van der Waals surface area (Å²) in [5.41, 5.74) is 0.357. The normalized spacial score (nSPS) is 16.9. The van der Waals surface area contributed by atoms with E-state index in [1.165, 1.54) is 4.90 Å². The molecular weight excluding hydrogens is 320 g/mol. The van der Waals surface area contributed by atoms with Crippen molar-refractivity contribution in [3.05, 3.63) is 27.9 Å². The van der Waals surface area contributed by atoms with Crippen molar-refractivity contribution in [1.29, 1.82) is 0 Å². The lowest BCUT2D eigenvalue weighted by molar-refractivity contribution is -0.385. The number of aryl methyl sites for hydroxylation is 1. The fraction of sp³-hybridized carbons (Fsp3) is 0.615. The summed E-state index contributed by atoms with van der Waals surface area (Å²) in [7, 11) is 0. The van der Waals surface area contributed by atoms with Gasteiger partial charge in [-0.2, -0.15) is 8.78 Å². The van der Waals surface area contributed by atoms with Gasteiger partial charge in [0.2, 0.25) is 0 Å². The molecule has 0 spiro atoms. The molecule has 1 aliphatic heterocycles. The molecule has 10 heteroatoms. The van der Waals surface area contributed by atoms with Gasteiger partial charge in [-0.3, -0.25) is 15.0 Å². The number of halogens is 4. The highest BCUT2D eigenvalue weighted by Crippen LogP contribution is 2.26. The summed E-state index contributed by atoms with van der Waals surface area (Å²) in [6.07, 6.45) is -2.53. The van der Waals surface area contributed by atoms with E-state index in [1.54, 1.807) is 17.9 Å². The van der Waals surface area contributed by atoms with E-state index in [4.69, 9.17) is 0 Å². The first-order valence-corrected chi connectivity index (χ1v) is 6.95. The third kappa shape index (κ3) is 4.06. The Morgan fingerprint density at radius 2 is 1.96 bits per heavy atom. The molecule has 0 amide bonds. The maximum absolute atomic E-state index is 13.0. The van der Waals surface area contributed by atoms with Gasteiger partial charge >= 0.3 is 12.3 Å². The molecule has 0 radical (unpaired) electrons. The van der Waals surface area contributed by atoms with Crippen LogP contribution in [0, 0.1) is 17.0 Å². The SMILES string of the molecule is Cc1cc(N2CCN(CC(F)(F)C(F)F)CC2)ncc1[N+](=O)[O-]. The highest BCUT2D eigenvalue weighted by Gasteiger charge is 2.42. The number of rotatable bonds is 5. The lowest BCUT2D eigenvalue weighted by atomic mass is 10.2. The van der Waals surface area contributed by atoms with E-state index in [9.17, 15) is 27.7 Å². The number of aromatic nitrogens is 1. The van der Waals surface area contributed by atoms with Gasteiger partial charge in [-0.05, 0) is 13.0 Å². The molecule has 1 fully saturated rings. The minimum absolute atomic E-state index is 0.0936. The quantitative estimate of drug-likeness (QED) is 0.469.